The number of hydrogen-bond acceptors (Lipinski definition) is 3. The standard InChI is InChI=1S/C16H23N3O/c1-2-8-19-14-17-11-16(19)13-18(9-10-20)12-15-6-4-3-5-7-15/h3-7,11,14,20H,2,8-10,12-13H2,1H3. The van der Waals surface area contributed by atoms with E-state index in [1.807, 2.05) is 30.7 Å². The first kappa shape index (κ1) is 14.8. The molecule has 2 rings (SSSR count). The molecule has 0 bridgehead atoms. The number of hydrogen-bond donors (Lipinski definition) is 1. The second-order valence-electron chi connectivity index (χ2n) is 5.00. The number of imidazole rings is 1. The molecule has 20 heavy (non-hydrogen) atoms. The average Bonchev–Trinajstić information content (AvgIpc) is 2.88. The second kappa shape index (κ2) is 7.82. The first-order valence-electron chi connectivity index (χ1n) is 7.19. The van der Waals surface area contributed by atoms with Crippen LogP contribution in [-0.2, 0) is 19.6 Å². The SMILES string of the molecule is CCCn1cncc1CN(CCO)Cc1ccccc1. The minimum atomic E-state index is 0.175. The Balaban J connectivity index is 2.03. The molecule has 0 unspecified atom stereocenters. The lowest BCUT2D eigenvalue weighted by Gasteiger charge is -2.22. The molecular weight excluding hydrogens is 250 g/mol. The molecule has 0 atom stereocenters. The van der Waals surface area contributed by atoms with Crippen LogP contribution >= 0.6 is 0 Å². The normalized spacial score (nSPS) is 11.2. The van der Waals surface area contributed by atoms with E-state index in [0.717, 1.165) is 26.1 Å². The minimum absolute atomic E-state index is 0.175. The van der Waals surface area contributed by atoms with Crippen molar-refractivity contribution in [2.45, 2.75) is 33.0 Å². The molecule has 1 aromatic carbocycles. The van der Waals surface area contributed by atoms with Crippen LogP contribution in [0.3, 0.4) is 0 Å². The summed E-state index contributed by atoms with van der Waals surface area (Å²) in [6, 6.07) is 10.4. The van der Waals surface area contributed by atoms with Crippen LogP contribution in [0.2, 0.25) is 0 Å². The third kappa shape index (κ3) is 4.18. The lowest BCUT2D eigenvalue weighted by molar-refractivity contribution is 0.181. The summed E-state index contributed by atoms with van der Waals surface area (Å²) in [5.41, 5.74) is 2.47. The third-order valence-electron chi connectivity index (χ3n) is 3.31. The Hall–Kier alpha value is -1.65. The van der Waals surface area contributed by atoms with E-state index >= 15 is 0 Å². The summed E-state index contributed by atoms with van der Waals surface area (Å²) in [6.45, 7) is 5.67. The Morgan fingerprint density at radius 3 is 2.70 bits per heavy atom. The molecule has 1 heterocycles. The zero-order valence-corrected chi connectivity index (χ0v) is 12.1. The van der Waals surface area contributed by atoms with Crippen LogP contribution in [0.5, 0.6) is 0 Å². The molecule has 0 radical (unpaired) electrons. The molecule has 0 amide bonds. The molecule has 2 aromatic rings. The number of aryl methyl sites for hydroxylation is 1. The van der Waals surface area contributed by atoms with Crippen molar-refractivity contribution in [3.63, 3.8) is 0 Å². The maximum Gasteiger partial charge on any atom is 0.0948 e. The van der Waals surface area contributed by atoms with Gasteiger partial charge in [-0.2, -0.15) is 0 Å². The number of aliphatic hydroxyl groups is 1. The average molecular weight is 273 g/mol. The van der Waals surface area contributed by atoms with E-state index in [4.69, 9.17) is 0 Å². The number of rotatable bonds is 8. The molecule has 0 saturated carbocycles. The third-order valence-corrected chi connectivity index (χ3v) is 3.31. The predicted octanol–water partition coefficient (Wildman–Crippen LogP) is 2.29. The molecule has 0 aliphatic carbocycles. The molecule has 0 spiro atoms. The molecule has 1 N–H and O–H groups in total. The molecule has 0 fully saturated rings. The van der Waals surface area contributed by atoms with E-state index in [1.54, 1.807) is 0 Å². The van der Waals surface area contributed by atoms with Crippen molar-refractivity contribution < 1.29 is 5.11 Å². The predicted molar refractivity (Wildman–Crippen MR) is 80.2 cm³/mol. The van der Waals surface area contributed by atoms with Crippen molar-refractivity contribution in [1.82, 2.24) is 14.5 Å². The monoisotopic (exact) mass is 273 g/mol. The highest BCUT2D eigenvalue weighted by Gasteiger charge is 2.09. The maximum atomic E-state index is 9.25. The van der Waals surface area contributed by atoms with Crippen molar-refractivity contribution in [2.75, 3.05) is 13.2 Å². The summed E-state index contributed by atoms with van der Waals surface area (Å²) in [4.78, 5) is 6.48. The summed E-state index contributed by atoms with van der Waals surface area (Å²) in [5.74, 6) is 0. The molecular formula is C16H23N3O. The van der Waals surface area contributed by atoms with Gasteiger partial charge in [-0.25, -0.2) is 4.98 Å². The van der Waals surface area contributed by atoms with Gasteiger partial charge in [-0.15, -0.1) is 0 Å². The van der Waals surface area contributed by atoms with E-state index in [-0.39, 0.29) is 6.61 Å². The fourth-order valence-electron chi connectivity index (χ4n) is 2.35. The van der Waals surface area contributed by atoms with Crippen molar-refractivity contribution in [3.05, 3.63) is 54.1 Å². The highest BCUT2D eigenvalue weighted by Crippen LogP contribution is 2.10. The van der Waals surface area contributed by atoms with E-state index in [1.165, 1.54) is 11.3 Å². The van der Waals surface area contributed by atoms with Gasteiger partial charge in [0.05, 0.1) is 18.6 Å². The largest absolute Gasteiger partial charge is 0.395 e. The van der Waals surface area contributed by atoms with Gasteiger partial charge in [-0.1, -0.05) is 37.3 Å². The van der Waals surface area contributed by atoms with Crippen molar-refractivity contribution in [1.29, 1.82) is 0 Å². The van der Waals surface area contributed by atoms with Crippen LogP contribution in [0.15, 0.2) is 42.9 Å². The van der Waals surface area contributed by atoms with Crippen molar-refractivity contribution in [3.8, 4) is 0 Å². The number of nitrogens with zero attached hydrogens (tertiary/aromatic N) is 3. The van der Waals surface area contributed by atoms with Crippen molar-refractivity contribution in [2.24, 2.45) is 0 Å². The van der Waals surface area contributed by atoms with Gasteiger partial charge in [0.2, 0.25) is 0 Å². The first-order chi connectivity index (χ1) is 9.83. The fraction of sp³-hybridized carbons (Fsp3) is 0.438. The summed E-state index contributed by atoms with van der Waals surface area (Å²) in [5, 5.41) is 9.25. The Morgan fingerprint density at radius 1 is 1.20 bits per heavy atom. The van der Waals surface area contributed by atoms with Gasteiger partial charge in [-0.05, 0) is 12.0 Å². The molecule has 108 valence electrons. The highest BCUT2D eigenvalue weighted by molar-refractivity contribution is 5.14. The van der Waals surface area contributed by atoms with Crippen LogP contribution in [0.4, 0.5) is 0 Å². The van der Waals surface area contributed by atoms with Gasteiger partial charge in [0.1, 0.15) is 0 Å². The van der Waals surface area contributed by atoms with E-state index in [0.29, 0.717) is 6.54 Å². The Labute approximate surface area is 120 Å². The molecule has 4 nitrogen and oxygen atoms in total. The Kier molecular flexibility index (Phi) is 5.77. The Bertz CT molecular complexity index is 495. The van der Waals surface area contributed by atoms with Crippen LogP contribution < -0.4 is 0 Å². The number of benzene rings is 1. The summed E-state index contributed by atoms with van der Waals surface area (Å²) in [7, 11) is 0. The summed E-state index contributed by atoms with van der Waals surface area (Å²) < 4.78 is 2.19. The molecule has 1 aromatic heterocycles. The van der Waals surface area contributed by atoms with Crippen LogP contribution in [0, 0.1) is 0 Å². The molecule has 4 heteroatoms. The molecule has 0 saturated heterocycles. The van der Waals surface area contributed by atoms with Gasteiger partial charge in [0.15, 0.2) is 0 Å². The Morgan fingerprint density at radius 2 is 2.00 bits per heavy atom. The van der Waals surface area contributed by atoms with E-state index in [9.17, 15) is 5.11 Å². The lowest BCUT2D eigenvalue weighted by atomic mass is 10.2. The van der Waals surface area contributed by atoms with Gasteiger partial charge >= 0.3 is 0 Å². The van der Waals surface area contributed by atoms with Crippen LogP contribution in [-0.4, -0.2) is 32.7 Å². The zero-order chi connectivity index (χ0) is 14.2. The van der Waals surface area contributed by atoms with Gasteiger partial charge in [-0.3, -0.25) is 4.90 Å². The quantitative estimate of drug-likeness (QED) is 0.802. The number of aromatic nitrogens is 2. The number of aliphatic hydroxyl groups excluding tert-OH is 1. The second-order valence-corrected chi connectivity index (χ2v) is 5.00. The fourth-order valence-corrected chi connectivity index (χ4v) is 2.35. The van der Waals surface area contributed by atoms with Gasteiger partial charge in [0.25, 0.3) is 0 Å². The maximum absolute atomic E-state index is 9.25. The van der Waals surface area contributed by atoms with Gasteiger partial charge in [0, 0.05) is 32.4 Å². The summed E-state index contributed by atoms with van der Waals surface area (Å²) >= 11 is 0. The van der Waals surface area contributed by atoms with Crippen LogP contribution in [0.1, 0.15) is 24.6 Å². The first-order valence-corrected chi connectivity index (χ1v) is 7.19. The van der Waals surface area contributed by atoms with Crippen molar-refractivity contribution >= 4 is 0 Å². The smallest absolute Gasteiger partial charge is 0.0948 e. The lowest BCUT2D eigenvalue weighted by Crippen LogP contribution is -2.27. The molecule has 0 aliphatic heterocycles. The van der Waals surface area contributed by atoms with Gasteiger partial charge < -0.3 is 9.67 Å². The topological polar surface area (TPSA) is 41.3 Å². The summed E-state index contributed by atoms with van der Waals surface area (Å²) in [6.07, 6.45) is 4.91. The minimum Gasteiger partial charge on any atom is -0.395 e. The van der Waals surface area contributed by atoms with E-state index < -0.39 is 0 Å². The highest BCUT2D eigenvalue weighted by atomic mass is 16.3. The zero-order valence-electron chi connectivity index (χ0n) is 12.1. The molecule has 0 aliphatic rings. The van der Waals surface area contributed by atoms with Crippen LogP contribution in [0.25, 0.3) is 0 Å². The van der Waals surface area contributed by atoms with E-state index in [2.05, 4.69) is 33.5 Å².